The van der Waals surface area contributed by atoms with Crippen molar-refractivity contribution in [2.24, 2.45) is 0 Å². The van der Waals surface area contributed by atoms with Crippen LogP contribution in [0.5, 0.6) is 0 Å². The van der Waals surface area contributed by atoms with Crippen LogP contribution in [0.15, 0.2) is 57.7 Å². The monoisotopic (exact) mass is 461 g/mol. The van der Waals surface area contributed by atoms with Gasteiger partial charge in [0.25, 0.3) is 17.1 Å². The van der Waals surface area contributed by atoms with Crippen molar-refractivity contribution in [3.05, 3.63) is 80.7 Å². The Labute approximate surface area is 192 Å². The number of rotatable bonds is 8. The Hall–Kier alpha value is -4.41. The summed E-state index contributed by atoms with van der Waals surface area (Å²) in [6, 6.07) is 13.0. The Morgan fingerprint density at radius 2 is 1.91 bits per heavy atom. The molecule has 0 aliphatic heterocycles. The molecule has 0 unspecified atom stereocenters. The van der Waals surface area contributed by atoms with Crippen LogP contribution in [0.4, 0.5) is 5.69 Å². The number of fused-ring (bicyclic) bond motifs is 1. The molecule has 1 fully saturated rings. The molecule has 2 heterocycles. The quantitative estimate of drug-likeness (QED) is 0.219. The van der Waals surface area contributed by atoms with E-state index in [4.69, 9.17) is 9.15 Å². The average molecular weight is 461 g/mol. The zero-order chi connectivity index (χ0) is 23.7. The minimum atomic E-state index is -0.500. The molecule has 0 radical (unpaired) electrons. The Morgan fingerprint density at radius 1 is 1.15 bits per heavy atom. The first-order valence-electron chi connectivity index (χ1n) is 10.7. The number of aromatic nitrogens is 4. The third-order valence-corrected chi connectivity index (χ3v) is 5.49. The molecular formula is C23H19N5O6. The number of nitro groups is 1. The summed E-state index contributed by atoms with van der Waals surface area (Å²) in [6.07, 6.45) is 2.16. The molecule has 11 nitrogen and oxygen atoms in total. The molecule has 1 aliphatic carbocycles. The fourth-order valence-electron chi connectivity index (χ4n) is 3.66. The first-order chi connectivity index (χ1) is 16.5. The molecule has 34 heavy (non-hydrogen) atoms. The van der Waals surface area contributed by atoms with Gasteiger partial charge >= 0.3 is 5.97 Å². The van der Waals surface area contributed by atoms with Crippen LogP contribution in [0.25, 0.3) is 22.4 Å². The van der Waals surface area contributed by atoms with Gasteiger partial charge in [-0.05, 0) is 37.1 Å². The van der Waals surface area contributed by atoms with Gasteiger partial charge in [-0.25, -0.2) is 4.98 Å². The maximum atomic E-state index is 12.9. The molecule has 0 atom stereocenters. The van der Waals surface area contributed by atoms with Crippen LogP contribution in [0, 0.1) is 10.1 Å². The first-order valence-corrected chi connectivity index (χ1v) is 10.7. The molecule has 0 amide bonds. The minimum absolute atomic E-state index is 0.0425. The van der Waals surface area contributed by atoms with E-state index in [1.165, 1.54) is 24.3 Å². The molecule has 1 aliphatic rings. The fraction of sp³-hybridized carbons (Fsp3) is 0.261. The number of nitrogens with zero attached hydrogens (tertiary/aromatic N) is 5. The Kier molecular flexibility index (Phi) is 5.58. The number of carbonyl (C=O) groups excluding carboxylic acids is 1. The number of carbonyl (C=O) groups is 1. The highest BCUT2D eigenvalue weighted by atomic mass is 16.6. The summed E-state index contributed by atoms with van der Waals surface area (Å²) in [7, 11) is 0. The van der Waals surface area contributed by atoms with Gasteiger partial charge in [0.2, 0.25) is 5.89 Å². The molecule has 4 aromatic rings. The molecule has 2 aromatic heterocycles. The summed E-state index contributed by atoms with van der Waals surface area (Å²) in [4.78, 5) is 40.1. The number of ether oxygens (including phenoxy) is 1. The second-order valence-corrected chi connectivity index (χ2v) is 7.92. The summed E-state index contributed by atoms with van der Waals surface area (Å²) in [5.74, 6) is 0.344. The lowest BCUT2D eigenvalue weighted by Crippen LogP contribution is -2.25. The van der Waals surface area contributed by atoms with Crippen LogP contribution in [-0.4, -0.2) is 30.6 Å². The first kappa shape index (κ1) is 21.4. The largest absolute Gasteiger partial charge is 0.456 e. The van der Waals surface area contributed by atoms with E-state index in [1.54, 1.807) is 16.7 Å². The summed E-state index contributed by atoms with van der Waals surface area (Å²) in [5.41, 5.74) is 0.986. The van der Waals surface area contributed by atoms with Crippen molar-refractivity contribution < 1.29 is 18.9 Å². The molecule has 11 heteroatoms. The van der Waals surface area contributed by atoms with Crippen molar-refractivity contribution in [1.82, 2.24) is 19.7 Å². The maximum absolute atomic E-state index is 12.9. The normalized spacial score (nSPS) is 13.2. The van der Waals surface area contributed by atoms with Gasteiger partial charge < -0.3 is 9.15 Å². The molecule has 5 rings (SSSR count). The van der Waals surface area contributed by atoms with E-state index in [0.717, 1.165) is 12.8 Å². The fourth-order valence-corrected chi connectivity index (χ4v) is 3.66. The Balaban J connectivity index is 1.22. The van der Waals surface area contributed by atoms with Crippen molar-refractivity contribution in [2.45, 2.75) is 38.3 Å². The average Bonchev–Trinajstić information content (AvgIpc) is 3.57. The van der Waals surface area contributed by atoms with Crippen LogP contribution >= 0.6 is 0 Å². The number of para-hydroxylation sites is 1. The van der Waals surface area contributed by atoms with E-state index >= 15 is 0 Å². The smallest absolute Gasteiger partial charge is 0.306 e. The Bertz CT molecular complexity index is 1440. The van der Waals surface area contributed by atoms with E-state index in [2.05, 4.69) is 15.2 Å². The number of hydrogen-bond acceptors (Lipinski definition) is 9. The third-order valence-electron chi connectivity index (χ3n) is 5.49. The highest BCUT2D eigenvalue weighted by molar-refractivity contribution is 5.77. The van der Waals surface area contributed by atoms with Gasteiger partial charge in [0.05, 0.1) is 22.2 Å². The zero-order valence-electron chi connectivity index (χ0n) is 17.9. The van der Waals surface area contributed by atoms with Crippen LogP contribution in [0.1, 0.15) is 37.0 Å². The molecular weight excluding hydrogens is 442 g/mol. The van der Waals surface area contributed by atoms with Gasteiger partial charge in [-0.2, -0.15) is 0 Å². The number of nitro benzene ring substituents is 1. The second kappa shape index (κ2) is 8.85. The highest BCUT2D eigenvalue weighted by Crippen LogP contribution is 2.35. The molecule has 1 saturated carbocycles. The minimum Gasteiger partial charge on any atom is -0.456 e. The van der Waals surface area contributed by atoms with Gasteiger partial charge in [-0.3, -0.25) is 24.3 Å². The number of aryl methyl sites for hydroxylation is 1. The predicted octanol–water partition coefficient (Wildman–Crippen LogP) is 3.37. The van der Waals surface area contributed by atoms with Crippen molar-refractivity contribution in [3.63, 3.8) is 0 Å². The molecule has 0 N–H and O–H groups in total. The van der Waals surface area contributed by atoms with Gasteiger partial charge in [0.1, 0.15) is 5.82 Å². The van der Waals surface area contributed by atoms with Crippen LogP contribution in [0.2, 0.25) is 0 Å². The predicted molar refractivity (Wildman–Crippen MR) is 119 cm³/mol. The lowest BCUT2D eigenvalue weighted by Gasteiger charge is -2.12. The van der Waals surface area contributed by atoms with Crippen molar-refractivity contribution in [1.29, 1.82) is 0 Å². The van der Waals surface area contributed by atoms with Gasteiger partial charge in [0.15, 0.2) is 6.61 Å². The second-order valence-electron chi connectivity index (χ2n) is 7.92. The number of benzene rings is 2. The third kappa shape index (κ3) is 4.40. The Morgan fingerprint density at radius 3 is 2.65 bits per heavy atom. The molecule has 0 saturated heterocycles. The van der Waals surface area contributed by atoms with Crippen LogP contribution in [0.3, 0.4) is 0 Å². The summed E-state index contributed by atoms with van der Waals surface area (Å²) < 4.78 is 12.4. The SMILES string of the molecule is O=C(CCc1nc2ccccc2c(=O)n1C1CC1)OCc1nnc(-c2ccc([N+](=O)[O-])cc2)o1. The van der Waals surface area contributed by atoms with E-state index in [1.807, 2.05) is 12.1 Å². The molecule has 0 spiro atoms. The van der Waals surface area contributed by atoms with Gasteiger partial charge in [0, 0.05) is 30.2 Å². The highest BCUT2D eigenvalue weighted by Gasteiger charge is 2.28. The summed E-state index contributed by atoms with van der Waals surface area (Å²) >= 11 is 0. The van der Waals surface area contributed by atoms with E-state index in [-0.39, 0.29) is 48.5 Å². The molecule has 172 valence electrons. The summed E-state index contributed by atoms with van der Waals surface area (Å²) in [5, 5.41) is 19.1. The van der Waals surface area contributed by atoms with E-state index in [0.29, 0.717) is 22.3 Å². The van der Waals surface area contributed by atoms with Crippen LogP contribution in [-0.2, 0) is 22.6 Å². The molecule has 2 aromatic carbocycles. The number of non-ortho nitro benzene ring substituents is 1. The van der Waals surface area contributed by atoms with Gasteiger partial charge in [-0.1, -0.05) is 12.1 Å². The lowest BCUT2D eigenvalue weighted by molar-refractivity contribution is -0.384. The molecule has 0 bridgehead atoms. The van der Waals surface area contributed by atoms with Crippen molar-refractivity contribution in [3.8, 4) is 11.5 Å². The lowest BCUT2D eigenvalue weighted by atomic mass is 10.2. The van der Waals surface area contributed by atoms with Crippen LogP contribution < -0.4 is 5.56 Å². The van der Waals surface area contributed by atoms with Crippen molar-refractivity contribution >= 4 is 22.6 Å². The number of hydrogen-bond donors (Lipinski definition) is 0. The summed E-state index contributed by atoms with van der Waals surface area (Å²) in [6.45, 7) is -0.209. The number of esters is 1. The standard InChI is InChI=1S/C23H19N5O6/c29-21(33-13-20-25-26-22(34-20)14-5-7-16(8-6-14)28(31)32)12-11-19-24-18-4-2-1-3-17(18)23(30)27(19)15-9-10-15/h1-8,15H,9-13H2. The maximum Gasteiger partial charge on any atom is 0.306 e. The topological polar surface area (TPSA) is 143 Å². The van der Waals surface area contributed by atoms with Crippen molar-refractivity contribution in [2.75, 3.05) is 0 Å². The van der Waals surface area contributed by atoms with E-state index in [9.17, 15) is 19.7 Å². The van der Waals surface area contributed by atoms with Gasteiger partial charge in [-0.15, -0.1) is 10.2 Å². The van der Waals surface area contributed by atoms with E-state index < -0.39 is 10.9 Å². The zero-order valence-corrected chi connectivity index (χ0v) is 17.9.